The molecule has 1 aromatic rings. The van der Waals surface area contributed by atoms with Crippen molar-refractivity contribution in [3.63, 3.8) is 0 Å². The predicted molar refractivity (Wildman–Crippen MR) is 74.0 cm³/mol. The van der Waals surface area contributed by atoms with Crippen LogP contribution in [0, 0.1) is 0 Å². The molecule has 0 atom stereocenters. The standard InChI is InChI=1S/C13H19NO3S/c1-3-16-10-5-6-11(14)12(9-10)18-8-7-13(15)17-4-2/h5-6,9H,3-4,7-8,14H2,1-2H3. The number of nitrogens with two attached hydrogens (primary N) is 1. The monoisotopic (exact) mass is 269 g/mol. The van der Waals surface area contributed by atoms with Gasteiger partial charge >= 0.3 is 5.97 Å². The summed E-state index contributed by atoms with van der Waals surface area (Å²) in [6.07, 6.45) is 0.386. The number of carbonyl (C=O) groups is 1. The zero-order chi connectivity index (χ0) is 13.4. The SMILES string of the molecule is CCOC(=O)CCSc1cc(OCC)ccc1N. The minimum Gasteiger partial charge on any atom is -0.494 e. The van der Waals surface area contributed by atoms with Crippen molar-refractivity contribution in [3.05, 3.63) is 18.2 Å². The van der Waals surface area contributed by atoms with E-state index < -0.39 is 0 Å². The van der Waals surface area contributed by atoms with Crippen molar-refractivity contribution >= 4 is 23.4 Å². The molecule has 0 aliphatic carbocycles. The average molecular weight is 269 g/mol. The van der Waals surface area contributed by atoms with E-state index in [2.05, 4.69) is 0 Å². The molecule has 0 radical (unpaired) electrons. The van der Waals surface area contributed by atoms with E-state index >= 15 is 0 Å². The number of thioether (sulfide) groups is 1. The molecule has 0 amide bonds. The molecule has 0 heterocycles. The third kappa shape index (κ3) is 4.87. The molecule has 0 aliphatic rings. The van der Waals surface area contributed by atoms with Crippen molar-refractivity contribution in [1.82, 2.24) is 0 Å². The maximum absolute atomic E-state index is 11.2. The van der Waals surface area contributed by atoms with Crippen LogP contribution in [0.1, 0.15) is 20.3 Å². The van der Waals surface area contributed by atoms with Gasteiger partial charge in [-0.05, 0) is 32.0 Å². The van der Waals surface area contributed by atoms with E-state index in [-0.39, 0.29) is 5.97 Å². The molecule has 0 saturated carbocycles. The van der Waals surface area contributed by atoms with Gasteiger partial charge in [0.25, 0.3) is 0 Å². The molecule has 100 valence electrons. The Morgan fingerprint density at radius 2 is 2.11 bits per heavy atom. The van der Waals surface area contributed by atoms with E-state index in [0.29, 0.717) is 31.1 Å². The summed E-state index contributed by atoms with van der Waals surface area (Å²) in [4.78, 5) is 12.1. The van der Waals surface area contributed by atoms with Crippen LogP contribution in [0.15, 0.2) is 23.1 Å². The number of hydrogen-bond donors (Lipinski definition) is 1. The minimum atomic E-state index is -0.176. The molecular weight excluding hydrogens is 250 g/mol. The maximum atomic E-state index is 11.2. The number of benzene rings is 1. The van der Waals surface area contributed by atoms with Crippen LogP contribution in [0.5, 0.6) is 5.75 Å². The van der Waals surface area contributed by atoms with Crippen LogP contribution in [0.25, 0.3) is 0 Å². The fourth-order valence-corrected chi connectivity index (χ4v) is 2.30. The lowest BCUT2D eigenvalue weighted by atomic mass is 10.3. The van der Waals surface area contributed by atoms with Gasteiger partial charge in [-0.15, -0.1) is 11.8 Å². The van der Waals surface area contributed by atoms with Crippen LogP contribution in [-0.2, 0) is 9.53 Å². The molecular formula is C13H19NO3S. The van der Waals surface area contributed by atoms with Crippen molar-refractivity contribution < 1.29 is 14.3 Å². The molecule has 0 spiro atoms. The molecule has 0 saturated heterocycles. The van der Waals surface area contributed by atoms with Crippen molar-refractivity contribution in [2.45, 2.75) is 25.2 Å². The van der Waals surface area contributed by atoms with Gasteiger partial charge in [0, 0.05) is 16.3 Å². The molecule has 0 fully saturated rings. The Labute approximate surface area is 112 Å². The van der Waals surface area contributed by atoms with Crippen LogP contribution < -0.4 is 10.5 Å². The van der Waals surface area contributed by atoms with Crippen molar-refractivity contribution in [2.24, 2.45) is 0 Å². The van der Waals surface area contributed by atoms with Crippen LogP contribution >= 0.6 is 11.8 Å². The van der Waals surface area contributed by atoms with E-state index in [1.165, 1.54) is 11.8 Å². The fourth-order valence-electron chi connectivity index (χ4n) is 1.37. The summed E-state index contributed by atoms with van der Waals surface area (Å²) >= 11 is 1.54. The first kappa shape index (κ1) is 14.7. The maximum Gasteiger partial charge on any atom is 0.306 e. The number of rotatable bonds is 7. The Morgan fingerprint density at radius 1 is 1.33 bits per heavy atom. The summed E-state index contributed by atoms with van der Waals surface area (Å²) in [5.41, 5.74) is 6.57. The first-order valence-electron chi connectivity index (χ1n) is 5.98. The van der Waals surface area contributed by atoms with Gasteiger partial charge in [0.1, 0.15) is 5.75 Å². The normalized spacial score (nSPS) is 10.1. The largest absolute Gasteiger partial charge is 0.494 e. The zero-order valence-corrected chi connectivity index (χ0v) is 11.6. The fraction of sp³-hybridized carbons (Fsp3) is 0.462. The van der Waals surface area contributed by atoms with Gasteiger partial charge < -0.3 is 15.2 Å². The predicted octanol–water partition coefficient (Wildman–Crippen LogP) is 2.71. The molecule has 2 N–H and O–H groups in total. The second kappa shape index (κ2) is 7.87. The molecule has 0 aromatic heterocycles. The van der Waals surface area contributed by atoms with Gasteiger partial charge in [0.2, 0.25) is 0 Å². The topological polar surface area (TPSA) is 61.5 Å². The molecule has 0 bridgehead atoms. The Morgan fingerprint density at radius 3 is 2.78 bits per heavy atom. The Kier molecular flexibility index (Phi) is 6.43. The van der Waals surface area contributed by atoms with Gasteiger partial charge in [0.05, 0.1) is 19.6 Å². The highest BCUT2D eigenvalue weighted by molar-refractivity contribution is 7.99. The first-order valence-corrected chi connectivity index (χ1v) is 6.96. The molecule has 0 unspecified atom stereocenters. The highest BCUT2D eigenvalue weighted by Crippen LogP contribution is 2.29. The van der Waals surface area contributed by atoms with Gasteiger partial charge in [-0.2, -0.15) is 0 Å². The molecule has 1 rings (SSSR count). The van der Waals surface area contributed by atoms with Crippen molar-refractivity contribution in [2.75, 3.05) is 24.7 Å². The number of esters is 1. The summed E-state index contributed by atoms with van der Waals surface area (Å²) in [7, 11) is 0. The Hall–Kier alpha value is -1.36. The number of anilines is 1. The van der Waals surface area contributed by atoms with Crippen LogP contribution in [-0.4, -0.2) is 24.9 Å². The van der Waals surface area contributed by atoms with Crippen molar-refractivity contribution in [1.29, 1.82) is 0 Å². The number of nitrogen functional groups attached to an aromatic ring is 1. The summed E-state index contributed by atoms with van der Waals surface area (Å²) in [6.45, 7) is 4.78. The smallest absolute Gasteiger partial charge is 0.306 e. The molecule has 4 nitrogen and oxygen atoms in total. The third-order valence-electron chi connectivity index (χ3n) is 2.17. The highest BCUT2D eigenvalue weighted by atomic mass is 32.2. The van der Waals surface area contributed by atoms with E-state index in [1.54, 1.807) is 6.92 Å². The lowest BCUT2D eigenvalue weighted by molar-refractivity contribution is -0.142. The van der Waals surface area contributed by atoms with E-state index in [0.717, 1.165) is 10.6 Å². The zero-order valence-electron chi connectivity index (χ0n) is 10.8. The van der Waals surface area contributed by atoms with E-state index in [1.807, 2.05) is 25.1 Å². The quantitative estimate of drug-likeness (QED) is 0.468. The number of ether oxygens (including phenoxy) is 2. The average Bonchev–Trinajstić information content (AvgIpc) is 2.34. The minimum absolute atomic E-state index is 0.176. The van der Waals surface area contributed by atoms with Crippen LogP contribution in [0.2, 0.25) is 0 Å². The van der Waals surface area contributed by atoms with Gasteiger partial charge in [-0.1, -0.05) is 0 Å². The second-order valence-corrected chi connectivity index (χ2v) is 4.67. The summed E-state index contributed by atoms with van der Waals surface area (Å²) in [6, 6.07) is 5.56. The van der Waals surface area contributed by atoms with Gasteiger partial charge in [-0.25, -0.2) is 0 Å². The molecule has 1 aromatic carbocycles. The van der Waals surface area contributed by atoms with Crippen molar-refractivity contribution in [3.8, 4) is 5.75 Å². The molecule has 18 heavy (non-hydrogen) atoms. The first-order chi connectivity index (χ1) is 8.67. The second-order valence-electron chi connectivity index (χ2n) is 3.54. The summed E-state index contributed by atoms with van der Waals surface area (Å²) in [5.74, 6) is 1.27. The summed E-state index contributed by atoms with van der Waals surface area (Å²) in [5, 5.41) is 0. The number of hydrogen-bond acceptors (Lipinski definition) is 5. The Bertz CT molecular complexity index is 396. The molecule has 5 heteroatoms. The van der Waals surface area contributed by atoms with E-state index in [4.69, 9.17) is 15.2 Å². The lowest BCUT2D eigenvalue weighted by Gasteiger charge is -2.08. The van der Waals surface area contributed by atoms with Crippen LogP contribution in [0.4, 0.5) is 5.69 Å². The van der Waals surface area contributed by atoms with E-state index in [9.17, 15) is 4.79 Å². The number of carbonyl (C=O) groups excluding carboxylic acids is 1. The lowest BCUT2D eigenvalue weighted by Crippen LogP contribution is -2.04. The van der Waals surface area contributed by atoms with Gasteiger partial charge in [-0.3, -0.25) is 4.79 Å². The summed E-state index contributed by atoms with van der Waals surface area (Å²) < 4.78 is 10.3. The third-order valence-corrected chi connectivity index (χ3v) is 3.24. The van der Waals surface area contributed by atoms with Crippen LogP contribution in [0.3, 0.4) is 0 Å². The molecule has 0 aliphatic heterocycles. The Balaban J connectivity index is 2.50. The highest BCUT2D eigenvalue weighted by Gasteiger charge is 2.06. The van der Waals surface area contributed by atoms with Gasteiger partial charge in [0.15, 0.2) is 0 Å².